The fourth-order valence-corrected chi connectivity index (χ4v) is 1.99. The van der Waals surface area contributed by atoms with Crippen LogP contribution >= 0.6 is 11.6 Å². The Labute approximate surface area is 113 Å². The van der Waals surface area contributed by atoms with Crippen molar-refractivity contribution in [1.82, 2.24) is 14.4 Å². The Kier molecular flexibility index (Phi) is 2.68. The van der Waals surface area contributed by atoms with Gasteiger partial charge >= 0.3 is 0 Å². The molecule has 2 N–H and O–H groups in total. The molecule has 3 rings (SSSR count). The van der Waals surface area contributed by atoms with Crippen LogP contribution in [-0.4, -0.2) is 20.3 Å². The van der Waals surface area contributed by atoms with Gasteiger partial charge in [0.15, 0.2) is 0 Å². The number of primary amides is 1. The number of carbonyl (C=O) groups excluding carboxylic acids is 1. The molecule has 1 aromatic carbocycles. The average Bonchev–Trinajstić information content (AvgIpc) is 2.81. The highest BCUT2D eigenvalue weighted by molar-refractivity contribution is 6.30. The molecule has 0 fully saturated rings. The van der Waals surface area contributed by atoms with Crippen molar-refractivity contribution < 1.29 is 4.79 Å². The van der Waals surface area contributed by atoms with Gasteiger partial charge in [-0.3, -0.25) is 9.20 Å². The summed E-state index contributed by atoms with van der Waals surface area (Å²) in [6.45, 7) is 0. The van der Waals surface area contributed by atoms with Crippen LogP contribution in [0.25, 0.3) is 17.0 Å². The first-order valence-electron chi connectivity index (χ1n) is 5.55. The quantitative estimate of drug-likeness (QED) is 0.777. The molecule has 1 amide bonds. The van der Waals surface area contributed by atoms with Crippen molar-refractivity contribution in [3.63, 3.8) is 0 Å². The molecule has 6 heteroatoms. The first-order valence-corrected chi connectivity index (χ1v) is 5.93. The van der Waals surface area contributed by atoms with E-state index >= 15 is 0 Å². The van der Waals surface area contributed by atoms with E-state index in [-0.39, 0.29) is 5.69 Å². The number of benzene rings is 1. The number of amides is 1. The van der Waals surface area contributed by atoms with Gasteiger partial charge in [-0.15, -0.1) is 0 Å². The average molecular weight is 273 g/mol. The van der Waals surface area contributed by atoms with Crippen LogP contribution in [0, 0.1) is 0 Å². The highest BCUT2D eigenvalue weighted by atomic mass is 35.5. The number of aromatic nitrogens is 3. The number of carbonyl (C=O) groups is 1. The molecule has 19 heavy (non-hydrogen) atoms. The molecule has 0 atom stereocenters. The van der Waals surface area contributed by atoms with Gasteiger partial charge in [0.1, 0.15) is 5.69 Å². The summed E-state index contributed by atoms with van der Waals surface area (Å²) in [5.74, 6) is -0.152. The van der Waals surface area contributed by atoms with Crippen LogP contribution in [0.15, 0.2) is 42.7 Å². The molecule has 0 aliphatic carbocycles. The minimum absolute atomic E-state index is 0.191. The van der Waals surface area contributed by atoms with Gasteiger partial charge < -0.3 is 5.73 Å². The summed E-state index contributed by atoms with van der Waals surface area (Å²) in [6.07, 6.45) is 3.52. The van der Waals surface area contributed by atoms with Gasteiger partial charge in [0.2, 0.25) is 5.78 Å². The Balaban J connectivity index is 2.14. The van der Waals surface area contributed by atoms with Crippen LogP contribution in [0.4, 0.5) is 0 Å². The molecule has 0 radical (unpaired) electrons. The monoisotopic (exact) mass is 272 g/mol. The molecule has 3 aromatic rings. The molecular weight excluding hydrogens is 264 g/mol. The van der Waals surface area contributed by atoms with E-state index in [1.807, 2.05) is 24.4 Å². The van der Waals surface area contributed by atoms with E-state index in [1.165, 1.54) is 0 Å². The zero-order chi connectivity index (χ0) is 13.4. The molecule has 0 bridgehead atoms. The van der Waals surface area contributed by atoms with Gasteiger partial charge in [-0.2, -0.15) is 0 Å². The Bertz CT molecular complexity index is 781. The molecule has 2 heterocycles. The zero-order valence-corrected chi connectivity index (χ0v) is 10.5. The lowest BCUT2D eigenvalue weighted by Gasteiger charge is -1.95. The lowest BCUT2D eigenvalue weighted by molar-refractivity contribution is 0.0995. The number of rotatable bonds is 2. The molecule has 0 spiro atoms. The third kappa shape index (κ3) is 2.15. The lowest BCUT2D eigenvalue weighted by atomic mass is 10.2. The van der Waals surface area contributed by atoms with Crippen molar-refractivity contribution in [2.75, 3.05) is 0 Å². The van der Waals surface area contributed by atoms with Crippen molar-refractivity contribution in [3.05, 3.63) is 53.4 Å². The first kappa shape index (κ1) is 11.7. The van der Waals surface area contributed by atoms with Gasteiger partial charge in [0.25, 0.3) is 5.91 Å². The molecule has 0 aliphatic rings. The molecule has 94 valence electrons. The molecular formula is C13H9ClN4O. The Hall–Kier alpha value is -2.40. The van der Waals surface area contributed by atoms with E-state index in [0.717, 1.165) is 11.3 Å². The van der Waals surface area contributed by atoms with Crippen molar-refractivity contribution in [1.29, 1.82) is 0 Å². The van der Waals surface area contributed by atoms with Gasteiger partial charge in [-0.25, -0.2) is 9.97 Å². The predicted molar refractivity (Wildman–Crippen MR) is 72.0 cm³/mol. The normalized spacial score (nSPS) is 10.8. The topological polar surface area (TPSA) is 73.3 Å². The van der Waals surface area contributed by atoms with Gasteiger partial charge in [0.05, 0.1) is 5.69 Å². The molecule has 0 saturated carbocycles. The molecule has 5 nitrogen and oxygen atoms in total. The van der Waals surface area contributed by atoms with E-state index in [4.69, 9.17) is 17.3 Å². The van der Waals surface area contributed by atoms with Crippen molar-refractivity contribution in [2.24, 2.45) is 5.73 Å². The molecule has 2 aromatic heterocycles. The van der Waals surface area contributed by atoms with Crippen LogP contribution in [-0.2, 0) is 0 Å². The van der Waals surface area contributed by atoms with Crippen LogP contribution in [0.2, 0.25) is 5.02 Å². The minimum atomic E-state index is -0.574. The fraction of sp³-hybridized carbons (Fsp3) is 0. The van der Waals surface area contributed by atoms with Gasteiger partial charge in [-0.05, 0) is 18.2 Å². The summed E-state index contributed by atoms with van der Waals surface area (Å²) in [4.78, 5) is 19.5. The number of nitrogens with zero attached hydrogens (tertiary/aromatic N) is 3. The largest absolute Gasteiger partial charge is 0.364 e. The van der Waals surface area contributed by atoms with Gasteiger partial charge in [0, 0.05) is 23.0 Å². The maximum Gasteiger partial charge on any atom is 0.267 e. The summed E-state index contributed by atoms with van der Waals surface area (Å²) < 4.78 is 1.72. The van der Waals surface area contributed by atoms with Gasteiger partial charge in [-0.1, -0.05) is 23.7 Å². The summed E-state index contributed by atoms with van der Waals surface area (Å²) in [5.41, 5.74) is 7.00. The standard InChI is InChI=1S/C13H9ClN4O/c14-9-3-1-2-8(6-9)11-7-18-5-4-10(12(15)19)16-13(18)17-11/h1-7H,(H2,15,19). The number of nitrogens with two attached hydrogens (primary N) is 1. The third-order valence-corrected chi connectivity index (χ3v) is 2.93. The summed E-state index contributed by atoms with van der Waals surface area (Å²) in [5, 5.41) is 0.639. The number of hydrogen-bond acceptors (Lipinski definition) is 3. The maximum atomic E-state index is 11.1. The lowest BCUT2D eigenvalue weighted by Crippen LogP contribution is -2.13. The number of imidazole rings is 1. The summed E-state index contributed by atoms with van der Waals surface area (Å²) in [6, 6.07) is 8.92. The van der Waals surface area contributed by atoms with Crippen LogP contribution in [0.1, 0.15) is 10.5 Å². The third-order valence-electron chi connectivity index (χ3n) is 2.70. The highest BCUT2D eigenvalue weighted by Gasteiger charge is 2.08. The smallest absolute Gasteiger partial charge is 0.267 e. The second-order valence-electron chi connectivity index (χ2n) is 4.02. The van der Waals surface area contributed by atoms with E-state index in [9.17, 15) is 4.79 Å². The Morgan fingerprint density at radius 1 is 1.26 bits per heavy atom. The van der Waals surface area contributed by atoms with Crippen LogP contribution in [0.5, 0.6) is 0 Å². The summed E-state index contributed by atoms with van der Waals surface area (Å²) in [7, 11) is 0. The maximum absolute atomic E-state index is 11.1. The minimum Gasteiger partial charge on any atom is -0.364 e. The first-order chi connectivity index (χ1) is 9.13. The van der Waals surface area contributed by atoms with Crippen LogP contribution < -0.4 is 5.73 Å². The van der Waals surface area contributed by atoms with Crippen molar-refractivity contribution in [2.45, 2.75) is 0 Å². The second-order valence-corrected chi connectivity index (χ2v) is 4.46. The second kappa shape index (κ2) is 4.37. The predicted octanol–water partition coefficient (Wildman–Crippen LogP) is 2.15. The van der Waals surface area contributed by atoms with Crippen molar-refractivity contribution >= 4 is 23.3 Å². The fourth-order valence-electron chi connectivity index (χ4n) is 1.80. The van der Waals surface area contributed by atoms with E-state index < -0.39 is 5.91 Å². The molecule has 0 unspecified atom stereocenters. The van der Waals surface area contributed by atoms with E-state index in [2.05, 4.69) is 9.97 Å². The number of hydrogen-bond donors (Lipinski definition) is 1. The zero-order valence-electron chi connectivity index (χ0n) is 9.75. The molecule has 0 aliphatic heterocycles. The number of fused-ring (bicyclic) bond motifs is 1. The number of halogens is 1. The summed E-state index contributed by atoms with van der Waals surface area (Å²) >= 11 is 5.95. The molecule has 0 saturated heterocycles. The highest BCUT2D eigenvalue weighted by Crippen LogP contribution is 2.21. The van der Waals surface area contributed by atoms with E-state index in [1.54, 1.807) is 22.7 Å². The Morgan fingerprint density at radius 2 is 2.11 bits per heavy atom. The van der Waals surface area contributed by atoms with E-state index in [0.29, 0.717) is 10.8 Å². The Morgan fingerprint density at radius 3 is 2.84 bits per heavy atom. The van der Waals surface area contributed by atoms with Crippen molar-refractivity contribution in [3.8, 4) is 11.3 Å². The SMILES string of the molecule is NC(=O)c1ccn2cc(-c3cccc(Cl)c3)nc2n1. The van der Waals surface area contributed by atoms with Crippen LogP contribution in [0.3, 0.4) is 0 Å².